The van der Waals surface area contributed by atoms with Crippen LogP contribution in [0.1, 0.15) is 35.2 Å². The number of rotatable bonds is 9. The van der Waals surface area contributed by atoms with Crippen molar-refractivity contribution in [3.63, 3.8) is 0 Å². The van der Waals surface area contributed by atoms with Crippen molar-refractivity contribution in [2.24, 2.45) is 0 Å². The topological polar surface area (TPSA) is 81.1 Å². The molecule has 1 amide bonds. The molecule has 0 aliphatic carbocycles. The Morgan fingerprint density at radius 2 is 1.63 bits per heavy atom. The molecule has 0 saturated heterocycles. The summed E-state index contributed by atoms with van der Waals surface area (Å²) in [6.07, 6.45) is 0. The number of nitrogens with zero attached hydrogens (tertiary/aromatic N) is 3. The van der Waals surface area contributed by atoms with Gasteiger partial charge in [0.05, 0.1) is 5.57 Å². The van der Waals surface area contributed by atoms with Crippen LogP contribution in [-0.2, 0) is 17.2 Å². The first kappa shape index (κ1) is 28.2. The second kappa shape index (κ2) is 12.5. The van der Waals surface area contributed by atoms with Crippen molar-refractivity contribution in [2.45, 2.75) is 37.4 Å². The van der Waals surface area contributed by atoms with E-state index in [0.717, 1.165) is 16.9 Å². The van der Waals surface area contributed by atoms with Gasteiger partial charge in [-0.2, -0.15) is 4.98 Å². The number of carbonyl (C=O) groups is 1. The number of halogens is 1. The van der Waals surface area contributed by atoms with Gasteiger partial charge in [0.15, 0.2) is 0 Å². The number of benzene rings is 4. The summed E-state index contributed by atoms with van der Waals surface area (Å²) < 4.78 is 22.0. The van der Waals surface area contributed by atoms with Crippen molar-refractivity contribution in [2.75, 3.05) is 10.6 Å². The molecule has 0 radical (unpaired) electrons. The van der Waals surface area contributed by atoms with Crippen LogP contribution in [0.5, 0.6) is 5.75 Å². The molecule has 2 N–H and O–H groups in total. The quantitative estimate of drug-likeness (QED) is 0.173. The van der Waals surface area contributed by atoms with Crippen LogP contribution in [0.15, 0.2) is 120 Å². The fraction of sp³-hybridized carbons (Fsp3) is 0.147. The zero-order valence-electron chi connectivity index (χ0n) is 23.8. The van der Waals surface area contributed by atoms with E-state index in [1.54, 1.807) is 16.8 Å². The average molecular weight is 592 g/mol. The third-order valence-corrected chi connectivity index (χ3v) is 8.16. The van der Waals surface area contributed by atoms with Gasteiger partial charge < -0.3 is 15.4 Å². The van der Waals surface area contributed by atoms with Gasteiger partial charge in [0.1, 0.15) is 24.2 Å². The number of para-hydroxylation sites is 1. The number of nitrogens with one attached hydrogen (secondary N) is 2. The van der Waals surface area contributed by atoms with E-state index in [2.05, 4.69) is 34.7 Å². The molecule has 5 aromatic rings. The van der Waals surface area contributed by atoms with E-state index in [1.165, 1.54) is 23.4 Å². The SMILES string of the molecule is CC1=C(C(=O)Nc2ccccc2)C(c2ccc(OCc3ccccc3C)cc2)n2nc(SCc3ccccc3F)nc2N1. The van der Waals surface area contributed by atoms with Gasteiger partial charge in [-0.3, -0.25) is 4.79 Å². The number of ether oxygens (including phenoxy) is 1. The highest BCUT2D eigenvalue weighted by atomic mass is 32.2. The lowest BCUT2D eigenvalue weighted by Gasteiger charge is -2.28. The third-order valence-electron chi connectivity index (χ3n) is 7.28. The van der Waals surface area contributed by atoms with Crippen molar-refractivity contribution in [3.8, 4) is 5.75 Å². The van der Waals surface area contributed by atoms with Crippen LogP contribution < -0.4 is 15.4 Å². The Balaban J connectivity index is 1.30. The molecule has 0 spiro atoms. The van der Waals surface area contributed by atoms with E-state index < -0.39 is 6.04 Å². The molecule has 0 bridgehead atoms. The maximum atomic E-state index is 14.2. The Morgan fingerprint density at radius 3 is 2.37 bits per heavy atom. The second-order valence-corrected chi connectivity index (χ2v) is 11.2. The standard InChI is InChI=1S/C34H30FN5O2S/c1-22-10-6-7-11-25(22)20-42-28-18-16-24(17-19-28)31-30(32(41)37-27-13-4-3-5-14-27)23(2)36-33-38-34(39-40(31)33)43-21-26-12-8-9-15-29(26)35/h3-19,31H,20-21H2,1-2H3,(H,37,41)(H,36,38,39). The molecule has 216 valence electrons. The van der Waals surface area contributed by atoms with Gasteiger partial charge in [0, 0.05) is 17.1 Å². The molecular weight excluding hydrogens is 561 g/mol. The van der Waals surface area contributed by atoms with Gasteiger partial charge in [-0.15, -0.1) is 5.10 Å². The van der Waals surface area contributed by atoms with Crippen LogP contribution in [0.4, 0.5) is 16.0 Å². The average Bonchev–Trinajstić information content (AvgIpc) is 3.42. The van der Waals surface area contributed by atoms with E-state index in [1.807, 2.05) is 79.7 Å². The largest absolute Gasteiger partial charge is 0.489 e. The summed E-state index contributed by atoms with van der Waals surface area (Å²) in [4.78, 5) is 18.4. The summed E-state index contributed by atoms with van der Waals surface area (Å²) in [6.45, 7) is 4.38. The van der Waals surface area contributed by atoms with Crippen molar-refractivity contribution in [1.29, 1.82) is 0 Å². The highest BCUT2D eigenvalue weighted by Gasteiger charge is 2.34. The first-order valence-electron chi connectivity index (χ1n) is 13.9. The van der Waals surface area contributed by atoms with Gasteiger partial charge >= 0.3 is 0 Å². The molecule has 6 rings (SSSR count). The number of fused-ring (bicyclic) bond motifs is 1. The highest BCUT2D eigenvalue weighted by molar-refractivity contribution is 7.98. The Hall–Kier alpha value is -4.89. The van der Waals surface area contributed by atoms with Crippen molar-refractivity contribution >= 4 is 29.3 Å². The number of carbonyl (C=O) groups excluding carboxylic acids is 1. The van der Waals surface area contributed by atoms with E-state index in [-0.39, 0.29) is 11.7 Å². The van der Waals surface area contributed by atoms with Crippen LogP contribution in [0.3, 0.4) is 0 Å². The summed E-state index contributed by atoms with van der Waals surface area (Å²) in [5.41, 5.74) is 5.59. The zero-order valence-corrected chi connectivity index (χ0v) is 24.6. The number of thioether (sulfide) groups is 1. The van der Waals surface area contributed by atoms with Crippen LogP contribution in [0.2, 0.25) is 0 Å². The summed E-state index contributed by atoms with van der Waals surface area (Å²) in [7, 11) is 0. The van der Waals surface area contributed by atoms with E-state index in [0.29, 0.717) is 46.0 Å². The fourth-order valence-corrected chi connectivity index (χ4v) is 5.77. The summed E-state index contributed by atoms with van der Waals surface area (Å²) in [6, 6.07) is 31.3. The molecular formula is C34H30FN5O2S. The van der Waals surface area contributed by atoms with Gasteiger partial charge in [-0.25, -0.2) is 9.07 Å². The van der Waals surface area contributed by atoms with E-state index >= 15 is 0 Å². The molecule has 7 nitrogen and oxygen atoms in total. The predicted molar refractivity (Wildman–Crippen MR) is 167 cm³/mol. The third kappa shape index (κ3) is 6.32. The van der Waals surface area contributed by atoms with Gasteiger partial charge in [-0.1, -0.05) is 84.6 Å². The van der Waals surface area contributed by atoms with Crippen LogP contribution in [-0.4, -0.2) is 20.7 Å². The van der Waals surface area contributed by atoms with Gasteiger partial charge in [-0.05, 0) is 66.4 Å². The molecule has 0 fully saturated rings. The molecule has 1 aliphatic heterocycles. The lowest BCUT2D eigenvalue weighted by atomic mass is 9.95. The number of aromatic nitrogens is 3. The monoisotopic (exact) mass is 591 g/mol. The van der Waals surface area contributed by atoms with Crippen LogP contribution in [0.25, 0.3) is 0 Å². The number of amides is 1. The fourth-order valence-electron chi connectivity index (χ4n) is 4.95. The number of aryl methyl sites for hydroxylation is 1. The number of hydrogen-bond donors (Lipinski definition) is 2. The Morgan fingerprint density at radius 1 is 0.930 bits per heavy atom. The molecule has 9 heteroatoms. The zero-order chi connectivity index (χ0) is 29.8. The summed E-state index contributed by atoms with van der Waals surface area (Å²) >= 11 is 1.34. The van der Waals surface area contributed by atoms with Crippen molar-refractivity contribution in [1.82, 2.24) is 14.8 Å². The van der Waals surface area contributed by atoms with Gasteiger partial charge in [0.25, 0.3) is 5.91 Å². The maximum Gasteiger partial charge on any atom is 0.255 e. The molecule has 0 saturated carbocycles. The normalized spacial score (nSPS) is 14.2. The number of anilines is 2. The minimum atomic E-state index is -0.555. The smallest absolute Gasteiger partial charge is 0.255 e. The minimum absolute atomic E-state index is 0.247. The second-order valence-electron chi connectivity index (χ2n) is 10.2. The maximum absolute atomic E-state index is 14.2. The molecule has 1 aliphatic rings. The molecule has 43 heavy (non-hydrogen) atoms. The molecule has 2 heterocycles. The molecule has 1 unspecified atom stereocenters. The lowest BCUT2D eigenvalue weighted by Crippen LogP contribution is -2.31. The minimum Gasteiger partial charge on any atom is -0.489 e. The van der Waals surface area contributed by atoms with E-state index in [4.69, 9.17) is 9.84 Å². The number of hydrogen-bond acceptors (Lipinski definition) is 6. The van der Waals surface area contributed by atoms with Crippen molar-refractivity contribution < 1.29 is 13.9 Å². The molecule has 1 aromatic heterocycles. The van der Waals surface area contributed by atoms with Crippen LogP contribution >= 0.6 is 11.8 Å². The first-order chi connectivity index (χ1) is 21.0. The first-order valence-corrected chi connectivity index (χ1v) is 14.9. The van der Waals surface area contributed by atoms with Crippen molar-refractivity contribution in [3.05, 3.63) is 142 Å². The molecule has 4 aromatic carbocycles. The Bertz CT molecular complexity index is 1790. The highest BCUT2D eigenvalue weighted by Crippen LogP contribution is 2.37. The Labute approximate surface area is 253 Å². The predicted octanol–water partition coefficient (Wildman–Crippen LogP) is 7.52. The molecule has 1 atom stereocenters. The summed E-state index contributed by atoms with van der Waals surface area (Å²) in [5.74, 6) is 1.09. The van der Waals surface area contributed by atoms with Gasteiger partial charge in [0.2, 0.25) is 11.1 Å². The summed E-state index contributed by atoms with van der Waals surface area (Å²) in [5, 5.41) is 11.5. The number of allylic oxidation sites excluding steroid dienone is 1. The van der Waals surface area contributed by atoms with Crippen LogP contribution in [0, 0.1) is 12.7 Å². The van der Waals surface area contributed by atoms with E-state index in [9.17, 15) is 9.18 Å². The lowest BCUT2D eigenvalue weighted by molar-refractivity contribution is -0.113. The Kier molecular flexibility index (Phi) is 8.24.